The molecule has 4 bridgehead atoms. The van der Waals surface area contributed by atoms with Gasteiger partial charge in [0.15, 0.2) is 0 Å². The first-order chi connectivity index (χ1) is 15.9. The third kappa shape index (κ3) is 4.66. The molecule has 1 amide bonds. The zero-order valence-corrected chi connectivity index (χ0v) is 21.6. The van der Waals surface area contributed by atoms with Crippen molar-refractivity contribution >= 4 is 5.91 Å². The molecule has 5 atom stereocenters. The molecule has 5 rings (SSSR count). The molecule has 0 saturated carbocycles. The summed E-state index contributed by atoms with van der Waals surface area (Å²) in [5.41, 5.74) is 3.07. The summed E-state index contributed by atoms with van der Waals surface area (Å²) >= 11 is 0. The van der Waals surface area contributed by atoms with Crippen molar-refractivity contribution in [3.63, 3.8) is 0 Å². The van der Waals surface area contributed by atoms with E-state index in [1.165, 1.54) is 36.9 Å². The van der Waals surface area contributed by atoms with Crippen LogP contribution in [0.15, 0.2) is 42.0 Å². The number of rotatable bonds is 10. The number of carbonyl (C=O) groups excluding carboxylic acids is 1. The van der Waals surface area contributed by atoms with Gasteiger partial charge in [-0.1, -0.05) is 75.6 Å². The fourth-order valence-electron chi connectivity index (χ4n) is 7.36. The quantitative estimate of drug-likeness (QED) is 0.449. The largest absolute Gasteiger partial charge is 0.343 e. The minimum absolute atomic E-state index is 0.136. The van der Waals surface area contributed by atoms with E-state index in [1.54, 1.807) is 6.92 Å². The van der Waals surface area contributed by atoms with E-state index in [-0.39, 0.29) is 11.3 Å². The van der Waals surface area contributed by atoms with E-state index in [0.29, 0.717) is 24.0 Å². The molecule has 1 aromatic carbocycles. The molecule has 0 spiro atoms. The molecule has 33 heavy (non-hydrogen) atoms. The van der Waals surface area contributed by atoms with Crippen LogP contribution in [0.3, 0.4) is 0 Å². The third-order valence-electron chi connectivity index (χ3n) is 8.67. The van der Waals surface area contributed by atoms with Crippen LogP contribution >= 0.6 is 0 Å². The number of likely N-dealkylation sites (tertiary alicyclic amines) is 1. The Labute approximate surface area is 202 Å². The van der Waals surface area contributed by atoms with Gasteiger partial charge in [-0.3, -0.25) is 14.6 Å². The van der Waals surface area contributed by atoms with Gasteiger partial charge in [0.05, 0.1) is 0 Å². The van der Waals surface area contributed by atoms with Crippen LogP contribution in [0.25, 0.3) is 0 Å². The first-order valence-electron chi connectivity index (χ1n) is 13.4. The number of unbranched alkanes of at least 4 members (excludes halogenated alkanes) is 2. The summed E-state index contributed by atoms with van der Waals surface area (Å²) in [6.45, 7) is 16.3. The van der Waals surface area contributed by atoms with Crippen molar-refractivity contribution in [2.45, 2.75) is 91.4 Å². The summed E-state index contributed by atoms with van der Waals surface area (Å²) in [5, 5.41) is 0. The van der Waals surface area contributed by atoms with Crippen molar-refractivity contribution in [1.29, 1.82) is 0 Å². The molecule has 2 fully saturated rings. The predicted octanol–water partition coefficient (Wildman–Crippen LogP) is 5.34. The van der Waals surface area contributed by atoms with Gasteiger partial charge in [0.1, 0.15) is 0 Å². The summed E-state index contributed by atoms with van der Waals surface area (Å²) in [7, 11) is 0. The summed E-state index contributed by atoms with van der Waals surface area (Å²) in [5.74, 6) is 0.691. The Morgan fingerprint density at radius 1 is 1.15 bits per heavy atom. The average Bonchev–Trinajstić information content (AvgIpc) is 2.78. The number of piperidine rings is 2. The van der Waals surface area contributed by atoms with Gasteiger partial charge < -0.3 is 4.90 Å². The molecule has 0 aromatic heterocycles. The molecule has 4 heteroatoms. The number of nitrogens with zero attached hydrogens (tertiary/aromatic N) is 3. The number of benzene rings is 1. The van der Waals surface area contributed by atoms with Crippen LogP contribution in [0.4, 0.5) is 0 Å². The maximum absolute atomic E-state index is 12.7. The lowest BCUT2D eigenvalue weighted by Gasteiger charge is -2.68. The summed E-state index contributed by atoms with van der Waals surface area (Å²) in [4.78, 5) is 20.5. The van der Waals surface area contributed by atoms with Crippen LogP contribution in [0.1, 0.15) is 72.3 Å². The van der Waals surface area contributed by atoms with Crippen molar-refractivity contribution < 1.29 is 4.79 Å². The number of amides is 1. The van der Waals surface area contributed by atoms with Crippen LogP contribution < -0.4 is 0 Å². The molecule has 1 aromatic rings. The highest BCUT2D eigenvalue weighted by atomic mass is 16.2. The Morgan fingerprint density at radius 2 is 1.88 bits per heavy atom. The molecule has 0 N–H and O–H groups in total. The second-order valence-electron chi connectivity index (χ2n) is 11.0. The van der Waals surface area contributed by atoms with E-state index < -0.39 is 0 Å². The molecule has 1 aliphatic carbocycles. The zero-order chi connectivity index (χ0) is 23.6. The van der Waals surface area contributed by atoms with Crippen molar-refractivity contribution in [2.75, 3.05) is 26.2 Å². The van der Waals surface area contributed by atoms with Crippen molar-refractivity contribution in [3.8, 4) is 0 Å². The number of hydrogen-bond donors (Lipinski definition) is 0. The fourth-order valence-corrected chi connectivity index (χ4v) is 7.36. The molecule has 4 nitrogen and oxygen atoms in total. The Kier molecular flexibility index (Phi) is 7.65. The van der Waals surface area contributed by atoms with Crippen LogP contribution in [0.5, 0.6) is 0 Å². The zero-order valence-electron chi connectivity index (χ0n) is 21.6. The normalized spacial score (nSPS) is 31.5. The highest BCUT2D eigenvalue weighted by Gasteiger charge is 2.61. The van der Waals surface area contributed by atoms with Crippen molar-refractivity contribution in [2.24, 2.45) is 11.3 Å². The number of hydrogen-bond acceptors (Lipinski definition) is 3. The lowest BCUT2D eigenvalue weighted by Crippen LogP contribution is -2.76. The Bertz CT molecular complexity index is 837. The summed E-state index contributed by atoms with van der Waals surface area (Å²) in [6, 6.07) is 12.5. The predicted molar refractivity (Wildman–Crippen MR) is 137 cm³/mol. The standard InChI is InChI=1S/C29H45N3O/c1-6-8-16-30(23(4)33)21-25-27-22(3)19-29(5)26(32(27)17-9-7-2)15-18-31(28(25)29)20-24-13-11-10-12-14-24/h10-14,19,25-28H,6-9,15-18,20-21H2,1-5H3/t25-,26+,27+,28+,29+/m0/s1. The van der Waals surface area contributed by atoms with E-state index in [2.05, 4.69) is 78.8 Å². The molecular weight excluding hydrogens is 406 g/mol. The molecule has 0 unspecified atom stereocenters. The minimum atomic E-state index is 0.136. The molecule has 3 heterocycles. The van der Waals surface area contributed by atoms with Crippen LogP contribution in [0, 0.1) is 11.3 Å². The first kappa shape index (κ1) is 24.5. The van der Waals surface area contributed by atoms with Gasteiger partial charge in [0.2, 0.25) is 5.91 Å². The van der Waals surface area contributed by atoms with Crippen molar-refractivity contribution in [3.05, 3.63) is 47.5 Å². The second kappa shape index (κ2) is 10.3. The first-order valence-corrected chi connectivity index (χ1v) is 13.4. The van der Waals surface area contributed by atoms with Gasteiger partial charge in [-0.25, -0.2) is 0 Å². The van der Waals surface area contributed by atoms with Gasteiger partial charge in [0, 0.05) is 62.6 Å². The molecule has 182 valence electrons. The Hall–Kier alpha value is -1.65. The topological polar surface area (TPSA) is 26.8 Å². The fraction of sp³-hybridized carbons (Fsp3) is 0.690. The van der Waals surface area contributed by atoms with E-state index in [9.17, 15) is 4.79 Å². The van der Waals surface area contributed by atoms with Gasteiger partial charge in [-0.05, 0) is 38.3 Å². The third-order valence-corrected chi connectivity index (χ3v) is 8.67. The van der Waals surface area contributed by atoms with Crippen LogP contribution in [0.2, 0.25) is 0 Å². The number of carbonyl (C=O) groups is 1. The maximum atomic E-state index is 12.7. The van der Waals surface area contributed by atoms with E-state index >= 15 is 0 Å². The summed E-state index contributed by atoms with van der Waals surface area (Å²) in [6.07, 6.45) is 8.58. The monoisotopic (exact) mass is 451 g/mol. The molecule has 2 saturated heterocycles. The minimum Gasteiger partial charge on any atom is -0.343 e. The molecular formula is C29H45N3O. The van der Waals surface area contributed by atoms with E-state index in [0.717, 1.165) is 39.0 Å². The molecule has 0 radical (unpaired) electrons. The average molecular weight is 452 g/mol. The lowest BCUT2D eigenvalue weighted by atomic mass is 9.55. The van der Waals surface area contributed by atoms with E-state index in [1.807, 2.05) is 0 Å². The van der Waals surface area contributed by atoms with E-state index in [4.69, 9.17) is 0 Å². The highest BCUT2D eigenvalue weighted by Crippen LogP contribution is 2.55. The van der Waals surface area contributed by atoms with Crippen LogP contribution in [-0.2, 0) is 11.3 Å². The highest BCUT2D eigenvalue weighted by molar-refractivity contribution is 5.73. The Morgan fingerprint density at radius 3 is 2.55 bits per heavy atom. The van der Waals surface area contributed by atoms with Gasteiger partial charge in [-0.15, -0.1) is 0 Å². The summed E-state index contributed by atoms with van der Waals surface area (Å²) < 4.78 is 0. The van der Waals surface area contributed by atoms with Crippen LogP contribution in [-0.4, -0.2) is 64.9 Å². The maximum Gasteiger partial charge on any atom is 0.219 e. The molecule has 4 aliphatic rings. The second-order valence-corrected chi connectivity index (χ2v) is 11.0. The Balaban J connectivity index is 1.70. The van der Waals surface area contributed by atoms with Gasteiger partial charge in [0.25, 0.3) is 0 Å². The SMILES string of the molecule is CCCCN(C[C@H]1[C@H]2C(C)=C[C@@]3(C)[C@@H]1N(Cc1ccccc1)CC[C@H]3N2CCCC)C(C)=O. The lowest BCUT2D eigenvalue weighted by molar-refractivity contribution is -0.150. The smallest absolute Gasteiger partial charge is 0.219 e. The van der Waals surface area contributed by atoms with Gasteiger partial charge in [-0.2, -0.15) is 0 Å². The van der Waals surface area contributed by atoms with Crippen molar-refractivity contribution in [1.82, 2.24) is 14.7 Å². The molecule has 3 aliphatic heterocycles. The van der Waals surface area contributed by atoms with Gasteiger partial charge >= 0.3 is 0 Å².